The number of aromatic nitrogens is 1. The summed E-state index contributed by atoms with van der Waals surface area (Å²) < 4.78 is 0. The fourth-order valence-electron chi connectivity index (χ4n) is 1.74. The number of rotatable bonds is 5. The van der Waals surface area contributed by atoms with E-state index in [-0.39, 0.29) is 0 Å². The summed E-state index contributed by atoms with van der Waals surface area (Å²) in [7, 11) is 0. The summed E-state index contributed by atoms with van der Waals surface area (Å²) >= 11 is 7.88. The second-order valence-corrected chi connectivity index (χ2v) is 5.24. The third kappa shape index (κ3) is 3.20. The molecule has 0 bridgehead atoms. The van der Waals surface area contributed by atoms with E-state index < -0.39 is 0 Å². The van der Waals surface area contributed by atoms with Gasteiger partial charge in [0.1, 0.15) is 0 Å². The normalized spacial score (nSPS) is 12.4. The Kier molecular flexibility index (Phi) is 4.40. The molecular formula is C13H15ClN2S. The maximum atomic E-state index is 6.11. The minimum absolute atomic E-state index is 0.333. The number of hydrogen-bond donors (Lipinski definition) is 1. The zero-order valence-electron chi connectivity index (χ0n) is 9.69. The van der Waals surface area contributed by atoms with Gasteiger partial charge in [-0.15, -0.1) is 11.3 Å². The van der Waals surface area contributed by atoms with Crippen molar-refractivity contribution in [2.45, 2.75) is 25.8 Å². The number of hydrogen-bond acceptors (Lipinski definition) is 3. The van der Waals surface area contributed by atoms with E-state index in [1.807, 2.05) is 6.07 Å². The molecule has 2 aromatic heterocycles. The molecule has 0 radical (unpaired) electrons. The molecule has 0 amide bonds. The van der Waals surface area contributed by atoms with Crippen molar-refractivity contribution in [3.05, 3.63) is 45.9 Å². The Labute approximate surface area is 111 Å². The van der Waals surface area contributed by atoms with Gasteiger partial charge in [0.2, 0.25) is 0 Å². The van der Waals surface area contributed by atoms with Crippen LogP contribution in [0, 0.1) is 0 Å². The molecule has 0 fully saturated rings. The van der Waals surface area contributed by atoms with Gasteiger partial charge >= 0.3 is 0 Å². The van der Waals surface area contributed by atoms with Gasteiger partial charge < -0.3 is 5.32 Å². The fraction of sp³-hybridized carbons (Fsp3) is 0.308. The van der Waals surface area contributed by atoms with Crippen molar-refractivity contribution in [2.75, 3.05) is 5.32 Å². The average Bonchev–Trinajstić information content (AvgIpc) is 2.85. The van der Waals surface area contributed by atoms with Crippen LogP contribution in [0.1, 0.15) is 30.7 Å². The molecule has 2 aromatic rings. The first-order valence-corrected chi connectivity index (χ1v) is 6.96. The van der Waals surface area contributed by atoms with E-state index in [4.69, 9.17) is 11.6 Å². The number of nitrogens with one attached hydrogen (secondary N) is 1. The van der Waals surface area contributed by atoms with Gasteiger partial charge in [0.05, 0.1) is 16.8 Å². The van der Waals surface area contributed by atoms with E-state index in [0.717, 1.165) is 18.5 Å². The Morgan fingerprint density at radius 3 is 3.00 bits per heavy atom. The third-order valence-corrected chi connectivity index (χ3v) is 3.85. The maximum Gasteiger partial charge on any atom is 0.0820 e. The first-order valence-electron chi connectivity index (χ1n) is 5.70. The van der Waals surface area contributed by atoms with Crippen LogP contribution in [0.25, 0.3) is 0 Å². The van der Waals surface area contributed by atoms with Crippen LogP contribution in [0.5, 0.6) is 0 Å². The van der Waals surface area contributed by atoms with Crippen LogP contribution in [0.2, 0.25) is 5.02 Å². The largest absolute Gasteiger partial charge is 0.376 e. The van der Waals surface area contributed by atoms with Crippen LogP contribution in [0.3, 0.4) is 0 Å². The lowest BCUT2D eigenvalue weighted by molar-refractivity contribution is 0.687. The molecule has 0 aliphatic heterocycles. The number of anilines is 1. The van der Waals surface area contributed by atoms with Crippen LogP contribution in [0.15, 0.2) is 36.0 Å². The summed E-state index contributed by atoms with van der Waals surface area (Å²) in [6.07, 6.45) is 5.66. The molecule has 1 atom stereocenters. The maximum absolute atomic E-state index is 6.11. The second kappa shape index (κ2) is 6.03. The van der Waals surface area contributed by atoms with Crippen molar-refractivity contribution in [1.29, 1.82) is 0 Å². The zero-order valence-corrected chi connectivity index (χ0v) is 11.3. The van der Waals surface area contributed by atoms with E-state index in [1.54, 1.807) is 23.7 Å². The van der Waals surface area contributed by atoms with Gasteiger partial charge in [-0.2, -0.15) is 0 Å². The highest BCUT2D eigenvalue weighted by Gasteiger charge is 2.12. The summed E-state index contributed by atoms with van der Waals surface area (Å²) in [4.78, 5) is 5.34. The molecule has 2 heterocycles. The molecular weight excluding hydrogens is 252 g/mol. The van der Waals surface area contributed by atoms with Gasteiger partial charge in [0.25, 0.3) is 0 Å². The molecule has 0 aromatic carbocycles. The highest BCUT2D eigenvalue weighted by atomic mass is 35.5. The molecule has 0 spiro atoms. The van der Waals surface area contributed by atoms with E-state index in [2.05, 4.69) is 34.7 Å². The van der Waals surface area contributed by atoms with Crippen LogP contribution >= 0.6 is 22.9 Å². The Hall–Kier alpha value is -1.06. The predicted molar refractivity (Wildman–Crippen MR) is 74.8 cm³/mol. The highest BCUT2D eigenvalue weighted by Crippen LogP contribution is 2.30. The fourth-order valence-corrected chi connectivity index (χ4v) is 2.73. The van der Waals surface area contributed by atoms with Gasteiger partial charge in [-0.1, -0.05) is 31.0 Å². The van der Waals surface area contributed by atoms with E-state index in [9.17, 15) is 0 Å². The quantitative estimate of drug-likeness (QED) is 0.845. The molecule has 90 valence electrons. The number of nitrogens with zero attached hydrogens (tertiary/aromatic N) is 1. The molecule has 4 heteroatoms. The lowest BCUT2D eigenvalue weighted by atomic mass is 10.1. The zero-order chi connectivity index (χ0) is 12.1. The lowest BCUT2D eigenvalue weighted by Gasteiger charge is -2.18. The molecule has 2 rings (SSSR count). The smallest absolute Gasteiger partial charge is 0.0820 e. The monoisotopic (exact) mass is 266 g/mol. The van der Waals surface area contributed by atoms with Gasteiger partial charge in [0.15, 0.2) is 0 Å². The first-order chi connectivity index (χ1) is 8.31. The Morgan fingerprint density at radius 2 is 2.35 bits per heavy atom. The molecule has 0 aliphatic rings. The summed E-state index contributed by atoms with van der Waals surface area (Å²) in [5.41, 5.74) is 0.952. The standard InChI is InChI=1S/C13H15ClN2S/c1-2-4-12(13-5-3-8-17-13)16-11-6-7-15-9-10(11)14/h3,5-9,12H,2,4H2,1H3,(H,15,16). The Bertz CT molecular complexity index is 456. The highest BCUT2D eigenvalue weighted by molar-refractivity contribution is 7.10. The van der Waals surface area contributed by atoms with Crippen LogP contribution in [-0.4, -0.2) is 4.98 Å². The molecule has 0 saturated heterocycles. The number of halogens is 1. The third-order valence-electron chi connectivity index (χ3n) is 2.57. The minimum atomic E-state index is 0.333. The van der Waals surface area contributed by atoms with Crippen molar-refractivity contribution in [3.63, 3.8) is 0 Å². The molecule has 17 heavy (non-hydrogen) atoms. The summed E-state index contributed by atoms with van der Waals surface area (Å²) in [6, 6.07) is 6.49. The minimum Gasteiger partial charge on any atom is -0.376 e. The molecule has 1 N–H and O–H groups in total. The first kappa shape index (κ1) is 12.4. The topological polar surface area (TPSA) is 24.9 Å². The second-order valence-electron chi connectivity index (χ2n) is 3.86. The Balaban J connectivity index is 2.16. The van der Waals surface area contributed by atoms with Crippen molar-refractivity contribution in [3.8, 4) is 0 Å². The van der Waals surface area contributed by atoms with Gasteiger partial charge in [0, 0.05) is 17.3 Å². The van der Waals surface area contributed by atoms with Crippen LogP contribution < -0.4 is 5.32 Å². The van der Waals surface area contributed by atoms with Gasteiger partial charge in [-0.25, -0.2) is 0 Å². The summed E-state index contributed by atoms with van der Waals surface area (Å²) in [5, 5.41) is 6.27. The molecule has 2 nitrogen and oxygen atoms in total. The van der Waals surface area contributed by atoms with Crippen molar-refractivity contribution in [2.24, 2.45) is 0 Å². The van der Waals surface area contributed by atoms with E-state index in [0.29, 0.717) is 11.1 Å². The van der Waals surface area contributed by atoms with Crippen molar-refractivity contribution < 1.29 is 0 Å². The SMILES string of the molecule is CCCC(Nc1ccncc1Cl)c1cccs1. The predicted octanol–water partition coefficient (Wildman–Crippen LogP) is 4.75. The molecule has 0 aliphatic carbocycles. The van der Waals surface area contributed by atoms with E-state index in [1.165, 1.54) is 4.88 Å². The van der Waals surface area contributed by atoms with Crippen molar-refractivity contribution in [1.82, 2.24) is 4.98 Å². The number of pyridine rings is 1. The molecule has 1 unspecified atom stereocenters. The van der Waals surface area contributed by atoms with E-state index >= 15 is 0 Å². The van der Waals surface area contributed by atoms with Crippen LogP contribution in [-0.2, 0) is 0 Å². The molecule has 0 saturated carbocycles. The summed E-state index contributed by atoms with van der Waals surface area (Å²) in [5.74, 6) is 0. The van der Waals surface area contributed by atoms with Gasteiger partial charge in [-0.3, -0.25) is 4.98 Å². The van der Waals surface area contributed by atoms with Crippen molar-refractivity contribution >= 4 is 28.6 Å². The average molecular weight is 267 g/mol. The number of thiophene rings is 1. The summed E-state index contributed by atoms with van der Waals surface area (Å²) in [6.45, 7) is 2.19. The lowest BCUT2D eigenvalue weighted by Crippen LogP contribution is -2.09. The van der Waals surface area contributed by atoms with Gasteiger partial charge in [-0.05, 0) is 23.9 Å². The Morgan fingerprint density at radius 1 is 1.47 bits per heavy atom. The van der Waals surface area contributed by atoms with Crippen LogP contribution in [0.4, 0.5) is 5.69 Å².